The van der Waals surface area contributed by atoms with E-state index in [2.05, 4.69) is 122 Å². The first-order valence-electron chi connectivity index (χ1n) is 20.0. The highest BCUT2D eigenvalue weighted by molar-refractivity contribution is 8.00. The van der Waals surface area contributed by atoms with Gasteiger partial charge in [0, 0.05) is 14.0 Å². The van der Waals surface area contributed by atoms with E-state index in [1.54, 1.807) is 13.0 Å². The highest BCUT2D eigenvalue weighted by Gasteiger charge is 2.36. The number of allylic oxidation sites excluding steroid dienone is 1. The Hall–Kier alpha value is -5.38. The molecular formula is C49H53NO6SSi. The molecular weight excluding hydrogens is 759 g/mol. The molecule has 7 nitrogen and oxygen atoms in total. The largest absolute Gasteiger partial charge is 0.466 e. The molecule has 300 valence electrons. The van der Waals surface area contributed by atoms with Crippen molar-refractivity contribution in [1.29, 1.82) is 0 Å². The molecule has 0 aliphatic heterocycles. The maximum absolute atomic E-state index is 13.4. The number of alkyl carbamates (subject to hydrolysis) is 1. The summed E-state index contributed by atoms with van der Waals surface area (Å²) in [4.78, 5) is 39.4. The van der Waals surface area contributed by atoms with E-state index in [1.165, 1.54) is 16.7 Å². The maximum Gasteiger partial charge on any atom is 0.407 e. The van der Waals surface area contributed by atoms with Gasteiger partial charge in [0.25, 0.3) is 0 Å². The predicted octanol–water partition coefficient (Wildman–Crippen LogP) is 10.8. The number of carbonyl (C=O) groups is 3. The normalized spacial score (nSPS) is 13.6. The molecule has 0 heterocycles. The second-order valence-electron chi connectivity index (χ2n) is 15.7. The van der Waals surface area contributed by atoms with Gasteiger partial charge in [-0.1, -0.05) is 165 Å². The Morgan fingerprint density at radius 2 is 1.22 bits per heavy atom. The summed E-state index contributed by atoms with van der Waals surface area (Å²) in [7, 11) is -1.42. The van der Waals surface area contributed by atoms with Crippen LogP contribution in [-0.2, 0) is 28.5 Å². The highest BCUT2D eigenvalue weighted by Crippen LogP contribution is 2.49. The number of rotatable bonds is 18. The van der Waals surface area contributed by atoms with Gasteiger partial charge >= 0.3 is 18.0 Å². The zero-order valence-electron chi connectivity index (χ0n) is 33.8. The molecule has 2 atom stereocenters. The van der Waals surface area contributed by atoms with Gasteiger partial charge in [0.2, 0.25) is 0 Å². The Kier molecular flexibility index (Phi) is 14.5. The van der Waals surface area contributed by atoms with Crippen molar-refractivity contribution in [3.8, 4) is 11.1 Å². The van der Waals surface area contributed by atoms with Gasteiger partial charge in [-0.3, -0.25) is 4.79 Å². The van der Waals surface area contributed by atoms with Crippen molar-refractivity contribution < 1.29 is 28.6 Å². The fraction of sp³-hybridized carbons (Fsp3) is 0.286. The van der Waals surface area contributed by atoms with Crippen molar-refractivity contribution in [2.24, 2.45) is 0 Å². The van der Waals surface area contributed by atoms with Crippen LogP contribution in [0.4, 0.5) is 4.79 Å². The summed E-state index contributed by atoms with van der Waals surface area (Å²) in [5, 5.41) is 2.63. The number of hydrogen-bond donors (Lipinski definition) is 1. The summed E-state index contributed by atoms with van der Waals surface area (Å²) in [6.45, 7) is 8.66. The van der Waals surface area contributed by atoms with Gasteiger partial charge in [-0.05, 0) is 70.2 Å². The minimum atomic E-state index is -1.42. The van der Waals surface area contributed by atoms with Gasteiger partial charge in [-0.15, -0.1) is 11.8 Å². The number of hydrogen-bond acceptors (Lipinski definition) is 7. The Morgan fingerprint density at radius 1 is 0.724 bits per heavy atom. The third-order valence-corrected chi connectivity index (χ3v) is 13.6. The predicted molar refractivity (Wildman–Crippen MR) is 237 cm³/mol. The molecule has 6 rings (SSSR count). The van der Waals surface area contributed by atoms with Crippen LogP contribution in [0.2, 0.25) is 25.7 Å². The minimum absolute atomic E-state index is 0.113. The van der Waals surface area contributed by atoms with Gasteiger partial charge < -0.3 is 19.5 Å². The first-order chi connectivity index (χ1) is 28.0. The lowest BCUT2D eigenvalue weighted by atomic mass is 9.84. The summed E-state index contributed by atoms with van der Waals surface area (Å²) in [6.07, 6.45) is 2.61. The topological polar surface area (TPSA) is 90.9 Å². The second-order valence-corrected chi connectivity index (χ2v) is 22.7. The van der Waals surface area contributed by atoms with Crippen molar-refractivity contribution in [2.45, 2.75) is 68.3 Å². The molecule has 1 N–H and O–H groups in total. The van der Waals surface area contributed by atoms with Gasteiger partial charge in [0.1, 0.15) is 18.8 Å². The smallest absolute Gasteiger partial charge is 0.407 e. The Labute approximate surface area is 348 Å². The molecule has 5 aromatic carbocycles. The summed E-state index contributed by atoms with van der Waals surface area (Å²) >= 11 is 1.83. The number of ether oxygens (including phenoxy) is 3. The molecule has 0 bridgehead atoms. The van der Waals surface area contributed by atoms with Crippen LogP contribution < -0.4 is 5.32 Å². The average Bonchev–Trinajstić information content (AvgIpc) is 3.55. The highest BCUT2D eigenvalue weighted by atomic mass is 32.2. The summed E-state index contributed by atoms with van der Waals surface area (Å²) in [6, 6.07) is 47.6. The van der Waals surface area contributed by atoms with Gasteiger partial charge in [-0.25, -0.2) is 9.59 Å². The molecule has 1 aliphatic carbocycles. The van der Waals surface area contributed by atoms with Crippen molar-refractivity contribution in [2.75, 3.05) is 19.0 Å². The van der Waals surface area contributed by atoms with E-state index < -0.39 is 43.0 Å². The Morgan fingerprint density at radius 3 is 1.74 bits per heavy atom. The van der Waals surface area contributed by atoms with E-state index in [4.69, 9.17) is 14.2 Å². The van der Waals surface area contributed by atoms with Crippen molar-refractivity contribution >= 4 is 37.9 Å². The van der Waals surface area contributed by atoms with Crippen LogP contribution in [0.1, 0.15) is 53.5 Å². The number of benzene rings is 5. The monoisotopic (exact) mass is 811 g/mol. The molecule has 1 aliphatic rings. The third kappa shape index (κ3) is 10.8. The van der Waals surface area contributed by atoms with Crippen LogP contribution in [-0.4, -0.2) is 57.2 Å². The van der Waals surface area contributed by atoms with Crippen LogP contribution >= 0.6 is 11.8 Å². The maximum atomic E-state index is 13.4. The molecule has 9 heteroatoms. The molecule has 0 unspecified atom stereocenters. The lowest BCUT2D eigenvalue weighted by molar-refractivity contribution is -0.153. The van der Waals surface area contributed by atoms with Crippen molar-refractivity contribution in [1.82, 2.24) is 5.32 Å². The van der Waals surface area contributed by atoms with E-state index in [9.17, 15) is 14.4 Å². The fourth-order valence-corrected chi connectivity index (χ4v) is 9.45. The van der Waals surface area contributed by atoms with E-state index in [0.29, 0.717) is 13.0 Å². The lowest BCUT2D eigenvalue weighted by Crippen LogP contribution is -2.41. The minimum Gasteiger partial charge on any atom is -0.466 e. The quantitative estimate of drug-likeness (QED) is 0.0235. The number of thioether (sulfide) groups is 1. The van der Waals surface area contributed by atoms with Crippen LogP contribution in [0.25, 0.3) is 11.1 Å². The van der Waals surface area contributed by atoms with E-state index in [-0.39, 0.29) is 18.9 Å². The SMILES string of the molecule is C[C@H](NC(=O)OCC1c2ccccc2-c2ccccc21)C(=O)O[C@H](/C=C/CCSC(c1ccccc1)(c1ccccc1)c1ccccc1)CC(=O)OCC[Si](C)(C)C. The molecule has 0 fully saturated rings. The zero-order valence-corrected chi connectivity index (χ0v) is 35.6. The Balaban J connectivity index is 1.11. The first kappa shape index (κ1) is 42.2. The third-order valence-electron chi connectivity index (χ3n) is 10.3. The van der Waals surface area contributed by atoms with Crippen LogP contribution in [0.5, 0.6) is 0 Å². The fourth-order valence-electron chi connectivity index (χ4n) is 7.27. The molecule has 0 saturated carbocycles. The summed E-state index contributed by atoms with van der Waals surface area (Å²) < 4.78 is 16.6. The second kappa shape index (κ2) is 19.9. The number of esters is 2. The molecule has 0 radical (unpaired) electrons. The van der Waals surface area contributed by atoms with Crippen LogP contribution in [0.3, 0.4) is 0 Å². The van der Waals surface area contributed by atoms with Gasteiger partial charge in [0.05, 0.1) is 17.8 Å². The van der Waals surface area contributed by atoms with Gasteiger partial charge in [-0.2, -0.15) is 0 Å². The van der Waals surface area contributed by atoms with Crippen LogP contribution in [0.15, 0.2) is 152 Å². The number of amides is 1. The number of carbonyl (C=O) groups excluding carboxylic acids is 3. The molecule has 0 saturated heterocycles. The molecule has 58 heavy (non-hydrogen) atoms. The zero-order chi connectivity index (χ0) is 41.0. The van der Waals surface area contributed by atoms with E-state index in [0.717, 1.165) is 34.1 Å². The summed E-state index contributed by atoms with van der Waals surface area (Å²) in [5.41, 5.74) is 7.97. The molecule has 5 aromatic rings. The average molecular weight is 812 g/mol. The number of nitrogens with one attached hydrogen (secondary N) is 1. The molecule has 1 amide bonds. The Bertz CT molecular complexity index is 2010. The van der Waals surface area contributed by atoms with E-state index >= 15 is 0 Å². The molecule has 0 aromatic heterocycles. The van der Waals surface area contributed by atoms with E-state index in [1.807, 2.05) is 60.3 Å². The van der Waals surface area contributed by atoms with Crippen LogP contribution in [0, 0.1) is 0 Å². The molecule has 0 spiro atoms. The first-order valence-corrected chi connectivity index (χ1v) is 24.7. The van der Waals surface area contributed by atoms with Gasteiger partial charge in [0.15, 0.2) is 0 Å². The summed E-state index contributed by atoms with van der Waals surface area (Å²) in [5.74, 6) is -0.499. The lowest BCUT2D eigenvalue weighted by Gasteiger charge is -2.35. The van der Waals surface area contributed by atoms with Crippen molar-refractivity contribution in [3.63, 3.8) is 0 Å². The standard InChI is InChI=1S/C49H53NO6SSi/c1-36(50-48(53)55-35-45-43-29-16-14-27-41(43)42-28-15-17-30-44(42)45)47(52)56-40(34-46(51)54-31-33-58(2,3)4)26-18-19-32-57-49(37-20-8-5-9-21-37,38-22-10-6-11-23-38)39-24-12-7-13-25-39/h5-18,20-30,36,40,45H,19,31-35H2,1-4H3,(H,50,53)/b26-18+/t36-,40+/m0/s1. The number of fused-ring (bicyclic) bond motifs is 3. The van der Waals surface area contributed by atoms with Crippen molar-refractivity contribution in [3.05, 3.63) is 179 Å².